The molecule has 0 aromatic heterocycles. The van der Waals surface area contributed by atoms with Crippen LogP contribution in [0.5, 0.6) is 0 Å². The molecule has 15 heavy (non-hydrogen) atoms. The fourth-order valence-corrected chi connectivity index (χ4v) is 1.60. The Morgan fingerprint density at radius 2 is 1.87 bits per heavy atom. The molecule has 2 heteroatoms. The number of esters is 1. The Morgan fingerprint density at radius 1 is 1.27 bits per heavy atom. The number of ether oxygens (including phenoxy) is 1. The molecule has 0 saturated carbocycles. The molecule has 0 spiro atoms. The van der Waals surface area contributed by atoms with Gasteiger partial charge in [0.1, 0.15) is 0 Å². The van der Waals surface area contributed by atoms with E-state index in [1.807, 2.05) is 37.3 Å². The van der Waals surface area contributed by atoms with E-state index in [4.69, 9.17) is 4.74 Å². The summed E-state index contributed by atoms with van der Waals surface area (Å²) in [5, 5.41) is 0. The molecule has 0 aliphatic rings. The van der Waals surface area contributed by atoms with Crippen molar-refractivity contribution in [1.82, 2.24) is 0 Å². The lowest BCUT2D eigenvalue weighted by atomic mass is 9.98. The minimum absolute atomic E-state index is 0.254. The molecule has 0 aliphatic carbocycles. The van der Waals surface area contributed by atoms with E-state index in [1.165, 1.54) is 7.11 Å². The average molecular weight is 204 g/mol. The monoisotopic (exact) mass is 204 g/mol. The van der Waals surface area contributed by atoms with Crippen LogP contribution in [0.15, 0.2) is 35.9 Å². The predicted molar refractivity (Wildman–Crippen MR) is 61.3 cm³/mol. The number of carbonyl (C=O) groups is 1. The Bertz CT molecular complexity index is 363. The van der Waals surface area contributed by atoms with Crippen LogP contribution in [0.25, 0.3) is 5.57 Å². The Labute approximate surface area is 90.6 Å². The average Bonchev–Trinajstić information content (AvgIpc) is 2.30. The number of methoxy groups -OCH3 is 1. The molecule has 0 amide bonds. The zero-order valence-corrected chi connectivity index (χ0v) is 9.41. The van der Waals surface area contributed by atoms with Crippen molar-refractivity contribution < 1.29 is 9.53 Å². The van der Waals surface area contributed by atoms with Crippen molar-refractivity contribution in [2.75, 3.05) is 7.11 Å². The van der Waals surface area contributed by atoms with Crippen molar-refractivity contribution in [3.8, 4) is 0 Å². The standard InChI is InChI=1S/C13H16O2/c1-4-12(10(2)13(14)15-3)11-8-6-5-7-9-11/h5-9H,4H2,1-3H3/b12-10-. The van der Waals surface area contributed by atoms with Crippen LogP contribution >= 0.6 is 0 Å². The highest BCUT2D eigenvalue weighted by atomic mass is 16.5. The van der Waals surface area contributed by atoms with Crippen molar-refractivity contribution in [3.63, 3.8) is 0 Å². The molecule has 1 aromatic rings. The van der Waals surface area contributed by atoms with Gasteiger partial charge in [0.15, 0.2) is 0 Å². The lowest BCUT2D eigenvalue weighted by Crippen LogP contribution is -2.04. The fourth-order valence-electron chi connectivity index (χ4n) is 1.60. The number of hydrogen-bond donors (Lipinski definition) is 0. The molecule has 0 unspecified atom stereocenters. The van der Waals surface area contributed by atoms with Crippen molar-refractivity contribution in [3.05, 3.63) is 41.5 Å². The van der Waals surface area contributed by atoms with Gasteiger partial charge >= 0.3 is 5.97 Å². The van der Waals surface area contributed by atoms with Crippen LogP contribution in [-0.2, 0) is 9.53 Å². The number of carbonyl (C=O) groups excluding carboxylic acids is 1. The first kappa shape index (κ1) is 11.5. The van der Waals surface area contributed by atoms with Gasteiger partial charge in [-0.05, 0) is 24.5 Å². The zero-order chi connectivity index (χ0) is 11.3. The van der Waals surface area contributed by atoms with Gasteiger partial charge in [-0.15, -0.1) is 0 Å². The van der Waals surface area contributed by atoms with Gasteiger partial charge in [-0.2, -0.15) is 0 Å². The summed E-state index contributed by atoms with van der Waals surface area (Å²) in [5.41, 5.74) is 2.82. The van der Waals surface area contributed by atoms with Crippen molar-refractivity contribution in [1.29, 1.82) is 0 Å². The summed E-state index contributed by atoms with van der Waals surface area (Å²) in [6, 6.07) is 9.91. The van der Waals surface area contributed by atoms with Crippen LogP contribution in [0.3, 0.4) is 0 Å². The first-order valence-electron chi connectivity index (χ1n) is 5.04. The highest BCUT2D eigenvalue weighted by Gasteiger charge is 2.10. The molecule has 0 heterocycles. The maximum Gasteiger partial charge on any atom is 0.333 e. The minimum Gasteiger partial charge on any atom is -0.466 e. The highest BCUT2D eigenvalue weighted by molar-refractivity contribution is 5.96. The van der Waals surface area contributed by atoms with E-state index >= 15 is 0 Å². The number of hydrogen-bond acceptors (Lipinski definition) is 2. The molecule has 2 nitrogen and oxygen atoms in total. The maximum atomic E-state index is 11.4. The van der Waals surface area contributed by atoms with E-state index in [9.17, 15) is 4.79 Å². The molecule has 80 valence electrons. The third kappa shape index (κ3) is 2.69. The predicted octanol–water partition coefficient (Wildman–Crippen LogP) is 3.04. The van der Waals surface area contributed by atoms with Gasteiger partial charge in [-0.1, -0.05) is 37.3 Å². The van der Waals surface area contributed by atoms with Gasteiger partial charge in [0.05, 0.1) is 7.11 Å². The molecule has 0 atom stereocenters. The van der Waals surface area contributed by atoms with Gasteiger partial charge in [0, 0.05) is 5.57 Å². The third-order valence-corrected chi connectivity index (χ3v) is 2.42. The summed E-state index contributed by atoms with van der Waals surface area (Å²) in [7, 11) is 1.41. The number of benzene rings is 1. The van der Waals surface area contributed by atoms with E-state index in [1.54, 1.807) is 6.92 Å². The van der Waals surface area contributed by atoms with Crippen LogP contribution in [0, 0.1) is 0 Å². The quantitative estimate of drug-likeness (QED) is 0.558. The first-order valence-corrected chi connectivity index (χ1v) is 5.04. The van der Waals surface area contributed by atoms with Crippen LogP contribution in [0.2, 0.25) is 0 Å². The molecule has 0 bridgehead atoms. The minimum atomic E-state index is -0.254. The Hall–Kier alpha value is -1.57. The molecule has 0 fully saturated rings. The second-order valence-corrected chi connectivity index (χ2v) is 3.31. The zero-order valence-electron chi connectivity index (χ0n) is 9.41. The van der Waals surface area contributed by atoms with Gasteiger partial charge in [0.25, 0.3) is 0 Å². The van der Waals surface area contributed by atoms with Crippen LogP contribution in [0.4, 0.5) is 0 Å². The molecule has 0 aliphatic heterocycles. The van der Waals surface area contributed by atoms with Crippen molar-refractivity contribution in [2.45, 2.75) is 20.3 Å². The largest absolute Gasteiger partial charge is 0.466 e. The van der Waals surface area contributed by atoms with E-state index in [0.29, 0.717) is 5.57 Å². The molecular formula is C13H16O2. The lowest BCUT2D eigenvalue weighted by Gasteiger charge is -2.08. The maximum absolute atomic E-state index is 11.4. The van der Waals surface area contributed by atoms with Crippen molar-refractivity contribution >= 4 is 11.5 Å². The van der Waals surface area contributed by atoms with E-state index in [0.717, 1.165) is 17.6 Å². The van der Waals surface area contributed by atoms with Gasteiger partial charge in [0.2, 0.25) is 0 Å². The molecule has 0 N–H and O–H groups in total. The number of allylic oxidation sites excluding steroid dienone is 1. The van der Waals surface area contributed by atoms with Gasteiger partial charge < -0.3 is 4.74 Å². The molecular weight excluding hydrogens is 188 g/mol. The summed E-state index contributed by atoms with van der Waals surface area (Å²) in [5.74, 6) is -0.254. The van der Waals surface area contributed by atoms with E-state index in [-0.39, 0.29) is 5.97 Å². The van der Waals surface area contributed by atoms with Crippen molar-refractivity contribution in [2.24, 2.45) is 0 Å². The topological polar surface area (TPSA) is 26.3 Å². The second-order valence-electron chi connectivity index (χ2n) is 3.31. The third-order valence-electron chi connectivity index (χ3n) is 2.42. The molecule has 1 rings (SSSR count). The highest BCUT2D eigenvalue weighted by Crippen LogP contribution is 2.22. The molecule has 1 aromatic carbocycles. The lowest BCUT2D eigenvalue weighted by molar-refractivity contribution is -0.135. The van der Waals surface area contributed by atoms with E-state index < -0.39 is 0 Å². The SMILES string of the molecule is CC/C(=C(\C)C(=O)OC)c1ccccc1. The first-order chi connectivity index (χ1) is 7.20. The smallest absolute Gasteiger partial charge is 0.333 e. The van der Waals surface area contributed by atoms with Crippen LogP contribution < -0.4 is 0 Å². The molecule has 0 saturated heterocycles. The number of rotatable bonds is 3. The van der Waals surface area contributed by atoms with Crippen LogP contribution in [0.1, 0.15) is 25.8 Å². The van der Waals surface area contributed by atoms with Gasteiger partial charge in [-0.3, -0.25) is 0 Å². The Morgan fingerprint density at radius 3 is 2.33 bits per heavy atom. The molecule has 0 radical (unpaired) electrons. The summed E-state index contributed by atoms with van der Waals surface area (Å²) >= 11 is 0. The Kier molecular flexibility index (Phi) is 4.10. The second kappa shape index (κ2) is 5.35. The summed E-state index contributed by atoms with van der Waals surface area (Å²) in [6.45, 7) is 3.84. The fraction of sp³-hybridized carbons (Fsp3) is 0.308. The Balaban J connectivity index is 3.13. The van der Waals surface area contributed by atoms with E-state index in [2.05, 4.69) is 0 Å². The van der Waals surface area contributed by atoms with Gasteiger partial charge in [-0.25, -0.2) is 4.79 Å². The summed E-state index contributed by atoms with van der Waals surface area (Å²) in [6.07, 6.45) is 0.824. The summed E-state index contributed by atoms with van der Waals surface area (Å²) < 4.78 is 4.72. The van der Waals surface area contributed by atoms with Crippen LogP contribution in [-0.4, -0.2) is 13.1 Å². The summed E-state index contributed by atoms with van der Waals surface area (Å²) in [4.78, 5) is 11.4. The normalized spacial score (nSPS) is 11.9.